The molecule has 0 fully saturated rings. The molecule has 0 heterocycles. The predicted octanol–water partition coefficient (Wildman–Crippen LogP) is 2.40. The molecule has 0 aromatic heterocycles. The van der Waals surface area contributed by atoms with E-state index < -0.39 is 4.92 Å². The summed E-state index contributed by atoms with van der Waals surface area (Å²) in [5, 5.41) is 10.8. The summed E-state index contributed by atoms with van der Waals surface area (Å²) in [6.45, 7) is 2.03. The van der Waals surface area contributed by atoms with E-state index in [9.17, 15) is 10.1 Å². The second-order valence-corrected chi connectivity index (χ2v) is 3.58. The van der Waals surface area contributed by atoms with Gasteiger partial charge in [-0.2, -0.15) is 0 Å². The Labute approximate surface area is 94.4 Å². The number of hydrogen-bond acceptors (Lipinski definition) is 4. The predicted molar refractivity (Wildman–Crippen MR) is 61.5 cm³/mol. The van der Waals surface area contributed by atoms with Gasteiger partial charge in [-0.15, -0.1) is 0 Å². The number of rotatable bonds is 5. The monoisotopic (exact) mass is 224 g/mol. The van der Waals surface area contributed by atoms with E-state index in [1.165, 1.54) is 13.2 Å². The van der Waals surface area contributed by atoms with Crippen molar-refractivity contribution in [2.75, 3.05) is 7.11 Å². The Morgan fingerprint density at radius 1 is 1.56 bits per heavy atom. The van der Waals surface area contributed by atoms with E-state index in [1.807, 2.05) is 6.92 Å². The van der Waals surface area contributed by atoms with Crippen LogP contribution in [0.2, 0.25) is 0 Å². The van der Waals surface area contributed by atoms with Gasteiger partial charge in [0.15, 0.2) is 5.75 Å². The van der Waals surface area contributed by atoms with Crippen molar-refractivity contribution < 1.29 is 9.66 Å². The summed E-state index contributed by atoms with van der Waals surface area (Å²) >= 11 is 0. The fourth-order valence-electron chi connectivity index (χ4n) is 1.56. The van der Waals surface area contributed by atoms with Crippen LogP contribution in [0.3, 0.4) is 0 Å². The van der Waals surface area contributed by atoms with Crippen LogP contribution < -0.4 is 10.5 Å². The van der Waals surface area contributed by atoms with Crippen LogP contribution in [-0.4, -0.2) is 12.0 Å². The Morgan fingerprint density at radius 2 is 2.25 bits per heavy atom. The van der Waals surface area contributed by atoms with Gasteiger partial charge in [-0.1, -0.05) is 19.4 Å². The highest BCUT2D eigenvalue weighted by Gasteiger charge is 2.17. The molecule has 5 heteroatoms. The maximum Gasteiger partial charge on any atom is 0.311 e. The largest absolute Gasteiger partial charge is 0.490 e. The van der Waals surface area contributed by atoms with Gasteiger partial charge in [0, 0.05) is 12.1 Å². The zero-order valence-corrected chi connectivity index (χ0v) is 9.47. The average Bonchev–Trinajstić information content (AvgIpc) is 2.28. The highest BCUT2D eigenvalue weighted by Crippen LogP contribution is 2.30. The standard InChI is InChI=1S/C11H16N2O3/c1-3-4-9(12)8-5-6-11(16-2)10(7-8)13(14)15/h5-7,9H,3-4,12H2,1-2H3/t9-/m1/s1. The number of nitro groups is 1. The third-order valence-corrected chi connectivity index (χ3v) is 2.43. The number of hydrogen-bond donors (Lipinski definition) is 1. The van der Waals surface area contributed by atoms with E-state index in [2.05, 4.69) is 0 Å². The van der Waals surface area contributed by atoms with Crippen LogP contribution in [-0.2, 0) is 0 Å². The molecular formula is C11H16N2O3. The number of benzene rings is 1. The van der Waals surface area contributed by atoms with Crippen molar-refractivity contribution in [3.8, 4) is 5.75 Å². The van der Waals surface area contributed by atoms with Crippen LogP contribution in [0, 0.1) is 10.1 Å². The van der Waals surface area contributed by atoms with Gasteiger partial charge >= 0.3 is 5.69 Å². The van der Waals surface area contributed by atoms with Gasteiger partial charge in [-0.3, -0.25) is 10.1 Å². The Kier molecular flexibility index (Phi) is 4.25. The maximum absolute atomic E-state index is 10.8. The van der Waals surface area contributed by atoms with Crippen molar-refractivity contribution in [2.24, 2.45) is 5.73 Å². The summed E-state index contributed by atoms with van der Waals surface area (Å²) in [6.07, 6.45) is 1.75. The van der Waals surface area contributed by atoms with Crippen molar-refractivity contribution in [2.45, 2.75) is 25.8 Å². The minimum Gasteiger partial charge on any atom is -0.490 e. The third-order valence-electron chi connectivity index (χ3n) is 2.43. The Bertz CT molecular complexity index is 379. The van der Waals surface area contributed by atoms with E-state index in [-0.39, 0.29) is 17.5 Å². The molecule has 0 radical (unpaired) electrons. The molecular weight excluding hydrogens is 208 g/mol. The molecule has 0 unspecified atom stereocenters. The zero-order valence-electron chi connectivity index (χ0n) is 9.47. The number of methoxy groups -OCH3 is 1. The Hall–Kier alpha value is -1.62. The summed E-state index contributed by atoms with van der Waals surface area (Å²) in [6, 6.07) is 4.68. The molecule has 0 aliphatic heterocycles. The summed E-state index contributed by atoms with van der Waals surface area (Å²) in [5.74, 6) is 0.262. The molecule has 88 valence electrons. The smallest absolute Gasteiger partial charge is 0.311 e. The quantitative estimate of drug-likeness (QED) is 0.615. The van der Waals surface area contributed by atoms with Gasteiger partial charge in [0.2, 0.25) is 0 Å². The molecule has 1 rings (SSSR count). The van der Waals surface area contributed by atoms with E-state index in [0.29, 0.717) is 0 Å². The first-order valence-electron chi connectivity index (χ1n) is 5.18. The highest BCUT2D eigenvalue weighted by molar-refractivity contribution is 5.49. The molecule has 1 aromatic rings. The molecule has 0 aliphatic carbocycles. The Balaban J connectivity index is 3.06. The maximum atomic E-state index is 10.8. The summed E-state index contributed by atoms with van der Waals surface area (Å²) in [4.78, 5) is 10.3. The molecule has 16 heavy (non-hydrogen) atoms. The van der Waals surface area contributed by atoms with Gasteiger partial charge in [-0.05, 0) is 18.1 Å². The van der Waals surface area contributed by atoms with Gasteiger partial charge < -0.3 is 10.5 Å². The molecule has 0 saturated carbocycles. The number of ether oxygens (including phenoxy) is 1. The Morgan fingerprint density at radius 3 is 2.75 bits per heavy atom. The van der Waals surface area contributed by atoms with Gasteiger partial charge in [-0.25, -0.2) is 0 Å². The first-order valence-corrected chi connectivity index (χ1v) is 5.18. The average molecular weight is 224 g/mol. The van der Waals surface area contributed by atoms with E-state index in [4.69, 9.17) is 10.5 Å². The molecule has 0 amide bonds. The van der Waals surface area contributed by atoms with Crippen molar-refractivity contribution in [3.63, 3.8) is 0 Å². The van der Waals surface area contributed by atoms with Crippen LogP contribution in [0.25, 0.3) is 0 Å². The van der Waals surface area contributed by atoms with Gasteiger partial charge in [0.05, 0.1) is 12.0 Å². The molecule has 0 aliphatic rings. The van der Waals surface area contributed by atoms with Gasteiger partial charge in [0.25, 0.3) is 0 Å². The molecule has 1 atom stereocenters. The molecule has 1 aromatic carbocycles. The van der Waals surface area contributed by atoms with E-state index >= 15 is 0 Å². The normalized spacial score (nSPS) is 12.2. The lowest BCUT2D eigenvalue weighted by atomic mass is 10.0. The fraction of sp³-hybridized carbons (Fsp3) is 0.455. The molecule has 2 N–H and O–H groups in total. The van der Waals surface area contributed by atoms with Crippen LogP contribution in [0.1, 0.15) is 31.4 Å². The van der Waals surface area contributed by atoms with Crippen LogP contribution in [0.15, 0.2) is 18.2 Å². The number of nitrogens with zero attached hydrogens (tertiary/aromatic N) is 1. The summed E-state index contributed by atoms with van der Waals surface area (Å²) in [5.41, 5.74) is 6.64. The lowest BCUT2D eigenvalue weighted by Gasteiger charge is -2.11. The molecule has 0 saturated heterocycles. The first kappa shape index (κ1) is 12.4. The van der Waals surface area contributed by atoms with Crippen molar-refractivity contribution in [3.05, 3.63) is 33.9 Å². The lowest BCUT2D eigenvalue weighted by molar-refractivity contribution is -0.385. The highest BCUT2D eigenvalue weighted by atomic mass is 16.6. The first-order chi connectivity index (χ1) is 7.60. The second-order valence-electron chi connectivity index (χ2n) is 3.58. The van der Waals surface area contributed by atoms with Crippen LogP contribution >= 0.6 is 0 Å². The lowest BCUT2D eigenvalue weighted by Crippen LogP contribution is -2.10. The molecule has 0 spiro atoms. The SMILES string of the molecule is CCC[C@@H](N)c1ccc(OC)c([N+](=O)[O-])c1. The minimum atomic E-state index is -0.457. The summed E-state index contributed by atoms with van der Waals surface area (Å²) < 4.78 is 4.92. The fourth-order valence-corrected chi connectivity index (χ4v) is 1.56. The number of nitrogens with two attached hydrogens (primary N) is 1. The minimum absolute atomic E-state index is 0.0356. The van der Waals surface area contributed by atoms with Crippen LogP contribution in [0.4, 0.5) is 5.69 Å². The van der Waals surface area contributed by atoms with E-state index in [0.717, 1.165) is 18.4 Å². The molecule has 0 bridgehead atoms. The van der Waals surface area contributed by atoms with Gasteiger partial charge in [0.1, 0.15) is 0 Å². The van der Waals surface area contributed by atoms with Crippen molar-refractivity contribution in [1.82, 2.24) is 0 Å². The number of nitro benzene ring substituents is 1. The second kappa shape index (κ2) is 5.46. The third kappa shape index (κ3) is 2.70. The topological polar surface area (TPSA) is 78.4 Å². The molecule has 5 nitrogen and oxygen atoms in total. The van der Waals surface area contributed by atoms with E-state index in [1.54, 1.807) is 12.1 Å². The summed E-state index contributed by atoms with van der Waals surface area (Å²) in [7, 11) is 1.41. The van der Waals surface area contributed by atoms with Crippen LogP contribution in [0.5, 0.6) is 5.75 Å². The van der Waals surface area contributed by atoms with Crippen molar-refractivity contribution in [1.29, 1.82) is 0 Å². The van der Waals surface area contributed by atoms with Crippen molar-refractivity contribution >= 4 is 5.69 Å². The zero-order chi connectivity index (χ0) is 12.1.